The molecule has 1 aromatic heterocycles. The molecule has 0 saturated carbocycles. The van der Waals surface area contributed by atoms with E-state index in [1.54, 1.807) is 6.26 Å². The molecule has 0 aliphatic rings. The summed E-state index contributed by atoms with van der Waals surface area (Å²) in [5.41, 5.74) is 0. The van der Waals surface area contributed by atoms with E-state index >= 15 is 0 Å². The van der Waals surface area contributed by atoms with Gasteiger partial charge in [-0.15, -0.1) is 0 Å². The van der Waals surface area contributed by atoms with E-state index in [9.17, 15) is 0 Å². The molecule has 2 aromatic rings. The summed E-state index contributed by atoms with van der Waals surface area (Å²) >= 11 is 1.79. The quantitative estimate of drug-likeness (QED) is 0.365. The van der Waals surface area contributed by atoms with Gasteiger partial charge in [-0.3, -0.25) is 0 Å². The topological polar surface area (TPSA) is 13.1 Å². The van der Waals surface area contributed by atoms with Crippen molar-refractivity contribution >= 4 is 38.8 Å². The molecule has 100 valence electrons. The Labute approximate surface area is 129 Å². The molecule has 0 spiro atoms. The molecule has 19 heavy (non-hydrogen) atoms. The van der Waals surface area contributed by atoms with Crippen LogP contribution in [0.2, 0.25) is 4.47 Å². The Morgan fingerprint density at radius 1 is 1.21 bits per heavy atom. The summed E-state index contributed by atoms with van der Waals surface area (Å²) < 4.78 is 8.31. The first-order valence-corrected chi connectivity index (χ1v) is 10.1. The second-order valence-corrected chi connectivity index (χ2v) is 9.26. The van der Waals surface area contributed by atoms with Gasteiger partial charge in [0.1, 0.15) is 0 Å². The minimum absolute atomic E-state index is 0.104. The van der Waals surface area contributed by atoms with Crippen LogP contribution in [-0.2, 0) is 0 Å². The standard InChI is InChI=1S/C16H18OSTe/c1-2-3-12-19-16(13-14-8-7-11-17-14)18-15-9-5-4-6-10-15/h4-11,13H,2-3,12H2,1H3/b16-13-. The monoisotopic (exact) mass is 388 g/mol. The van der Waals surface area contributed by atoms with E-state index in [-0.39, 0.29) is 20.9 Å². The van der Waals surface area contributed by atoms with Gasteiger partial charge in [0.15, 0.2) is 0 Å². The average Bonchev–Trinajstić information content (AvgIpc) is 2.93. The van der Waals surface area contributed by atoms with Crippen LogP contribution in [0.1, 0.15) is 25.5 Å². The normalized spacial score (nSPS) is 11.7. The van der Waals surface area contributed by atoms with Crippen molar-refractivity contribution < 1.29 is 4.42 Å². The number of hydrogen-bond donors (Lipinski definition) is 0. The molecule has 0 unspecified atom stereocenters. The van der Waals surface area contributed by atoms with Crippen molar-refractivity contribution in [1.82, 2.24) is 0 Å². The fraction of sp³-hybridized carbons (Fsp3) is 0.250. The van der Waals surface area contributed by atoms with Gasteiger partial charge >= 0.3 is 130 Å². The molecule has 0 aliphatic heterocycles. The molecule has 3 heteroatoms. The predicted molar refractivity (Wildman–Crippen MR) is 84.5 cm³/mol. The van der Waals surface area contributed by atoms with Gasteiger partial charge in [-0.25, -0.2) is 0 Å². The SMILES string of the molecule is CCCC[Te]/C(=C\c1ccco1)Sc1ccccc1. The van der Waals surface area contributed by atoms with Gasteiger partial charge in [0.25, 0.3) is 0 Å². The summed E-state index contributed by atoms with van der Waals surface area (Å²) in [7, 11) is 0. The summed E-state index contributed by atoms with van der Waals surface area (Å²) in [6.45, 7) is 2.26. The second-order valence-electron chi connectivity index (χ2n) is 4.10. The molecule has 2 rings (SSSR count). The van der Waals surface area contributed by atoms with E-state index in [0.717, 1.165) is 5.76 Å². The van der Waals surface area contributed by atoms with Gasteiger partial charge in [-0.1, -0.05) is 0 Å². The molecule has 0 aliphatic carbocycles. The van der Waals surface area contributed by atoms with Crippen LogP contribution in [0.3, 0.4) is 0 Å². The first-order valence-electron chi connectivity index (χ1n) is 6.49. The van der Waals surface area contributed by atoms with Crippen molar-refractivity contribution in [1.29, 1.82) is 0 Å². The predicted octanol–water partition coefficient (Wildman–Crippen LogP) is 5.29. The van der Waals surface area contributed by atoms with Crippen molar-refractivity contribution in [2.24, 2.45) is 0 Å². The maximum atomic E-state index is 5.44. The number of unbranched alkanes of at least 4 members (excludes halogenated alkanes) is 1. The summed E-state index contributed by atoms with van der Waals surface area (Å²) in [5.74, 6) is 0.972. The number of hydrogen-bond acceptors (Lipinski definition) is 2. The second kappa shape index (κ2) is 8.53. The van der Waals surface area contributed by atoms with E-state index in [4.69, 9.17) is 4.42 Å². The third kappa shape index (κ3) is 5.48. The summed E-state index contributed by atoms with van der Waals surface area (Å²) in [4.78, 5) is 1.32. The zero-order valence-corrected chi connectivity index (χ0v) is 14.2. The molecular weight excluding hydrogens is 368 g/mol. The van der Waals surface area contributed by atoms with E-state index in [1.807, 2.05) is 23.9 Å². The van der Waals surface area contributed by atoms with E-state index in [1.165, 1.54) is 25.2 Å². The van der Waals surface area contributed by atoms with E-state index in [2.05, 4.69) is 43.3 Å². The Bertz CT molecular complexity index is 491. The molecule has 0 radical (unpaired) electrons. The molecule has 0 fully saturated rings. The van der Waals surface area contributed by atoms with E-state index < -0.39 is 0 Å². The molecule has 1 nitrogen and oxygen atoms in total. The molecule has 0 saturated heterocycles. The van der Waals surface area contributed by atoms with Crippen molar-refractivity contribution in [3.05, 3.63) is 57.4 Å². The Morgan fingerprint density at radius 2 is 2.05 bits per heavy atom. The van der Waals surface area contributed by atoms with Crippen LogP contribution in [0.15, 0.2) is 61.0 Å². The first kappa shape index (κ1) is 14.8. The van der Waals surface area contributed by atoms with Gasteiger partial charge in [0.2, 0.25) is 0 Å². The van der Waals surface area contributed by atoms with Crippen LogP contribution in [0, 0.1) is 0 Å². The molecule has 1 heterocycles. The third-order valence-electron chi connectivity index (χ3n) is 2.51. The van der Waals surface area contributed by atoms with Gasteiger partial charge in [0, 0.05) is 0 Å². The zero-order valence-electron chi connectivity index (χ0n) is 11.0. The Kier molecular flexibility index (Phi) is 6.64. The zero-order chi connectivity index (χ0) is 13.3. The van der Waals surface area contributed by atoms with E-state index in [0.29, 0.717) is 0 Å². The molecular formula is C16H18OSTe. The average molecular weight is 386 g/mol. The van der Waals surface area contributed by atoms with Crippen LogP contribution < -0.4 is 0 Å². The van der Waals surface area contributed by atoms with Crippen LogP contribution >= 0.6 is 11.8 Å². The molecule has 1 aromatic carbocycles. The van der Waals surface area contributed by atoms with Gasteiger partial charge in [-0.2, -0.15) is 0 Å². The maximum absolute atomic E-state index is 5.44. The summed E-state index contributed by atoms with van der Waals surface area (Å²) in [5, 5.41) is 0. The number of rotatable bonds is 7. The van der Waals surface area contributed by atoms with Crippen LogP contribution in [0.4, 0.5) is 0 Å². The molecule has 0 amide bonds. The van der Waals surface area contributed by atoms with Crippen LogP contribution in [0.25, 0.3) is 6.08 Å². The van der Waals surface area contributed by atoms with Gasteiger partial charge in [-0.05, 0) is 0 Å². The number of furan rings is 1. The Balaban J connectivity index is 2.05. The molecule has 0 atom stereocenters. The van der Waals surface area contributed by atoms with Crippen LogP contribution in [0.5, 0.6) is 0 Å². The number of benzene rings is 1. The summed E-state index contributed by atoms with van der Waals surface area (Å²) in [6.07, 6.45) is 6.58. The fourth-order valence-corrected chi connectivity index (χ4v) is 6.54. The number of thioether (sulfide) groups is 1. The van der Waals surface area contributed by atoms with Crippen molar-refractivity contribution in [3.8, 4) is 0 Å². The van der Waals surface area contributed by atoms with Crippen molar-refractivity contribution in [3.63, 3.8) is 0 Å². The van der Waals surface area contributed by atoms with Gasteiger partial charge in [0.05, 0.1) is 0 Å². The Morgan fingerprint density at radius 3 is 2.74 bits per heavy atom. The first-order chi connectivity index (χ1) is 9.38. The Hall–Kier alpha value is -0.620. The minimum atomic E-state index is -0.104. The van der Waals surface area contributed by atoms with Crippen molar-refractivity contribution in [2.75, 3.05) is 0 Å². The van der Waals surface area contributed by atoms with Crippen LogP contribution in [-0.4, -0.2) is 20.9 Å². The molecule has 0 bridgehead atoms. The third-order valence-corrected chi connectivity index (χ3v) is 7.39. The van der Waals surface area contributed by atoms with Gasteiger partial charge < -0.3 is 0 Å². The fourth-order valence-electron chi connectivity index (χ4n) is 1.51. The van der Waals surface area contributed by atoms with Crippen molar-refractivity contribution in [2.45, 2.75) is 29.1 Å². The summed E-state index contributed by atoms with van der Waals surface area (Å²) in [6, 6.07) is 14.6. The molecule has 0 N–H and O–H groups in total.